The van der Waals surface area contributed by atoms with Crippen LogP contribution in [0.25, 0.3) is 11.3 Å². The second kappa shape index (κ2) is 6.33. The Hall–Kier alpha value is -2.12. The highest BCUT2D eigenvalue weighted by molar-refractivity contribution is 7.08. The first-order valence-corrected chi connectivity index (χ1v) is 7.76. The van der Waals surface area contributed by atoms with E-state index in [1.54, 1.807) is 27.8 Å². The van der Waals surface area contributed by atoms with Crippen LogP contribution in [-0.2, 0) is 9.47 Å². The fourth-order valence-corrected chi connectivity index (χ4v) is 3.08. The highest BCUT2D eigenvalue weighted by atomic mass is 32.1. The average molecular weight is 321 g/mol. The predicted octanol–water partition coefficient (Wildman–Crippen LogP) is 2.27. The Labute approximate surface area is 131 Å². The summed E-state index contributed by atoms with van der Waals surface area (Å²) in [6.07, 6.45) is 0. The second-order valence-electron chi connectivity index (χ2n) is 4.76. The third kappa shape index (κ3) is 2.77. The molecule has 0 spiro atoms. The molecule has 0 radical (unpaired) electrons. The van der Waals surface area contributed by atoms with E-state index < -0.39 is 5.97 Å². The Morgan fingerprint density at radius 3 is 2.73 bits per heavy atom. The number of thiophene rings is 1. The Kier molecular flexibility index (Phi) is 4.26. The molecule has 1 aliphatic heterocycles. The summed E-state index contributed by atoms with van der Waals surface area (Å²) in [4.78, 5) is 25.8. The summed E-state index contributed by atoms with van der Waals surface area (Å²) in [6, 6.07) is 3.33. The molecule has 0 N–H and O–H groups in total. The number of rotatable bonds is 3. The molecule has 22 heavy (non-hydrogen) atoms. The van der Waals surface area contributed by atoms with Crippen molar-refractivity contribution in [1.29, 1.82) is 0 Å². The number of methoxy groups -OCH3 is 1. The maximum atomic E-state index is 12.3. The number of ether oxygens (including phenoxy) is 2. The monoisotopic (exact) mass is 321 g/mol. The van der Waals surface area contributed by atoms with Gasteiger partial charge in [0.25, 0.3) is 5.91 Å². The summed E-state index contributed by atoms with van der Waals surface area (Å²) in [5.41, 5.74) is 1.07. The zero-order valence-electron chi connectivity index (χ0n) is 12.0. The number of carbonyl (C=O) groups is 2. The van der Waals surface area contributed by atoms with Crippen molar-refractivity contribution >= 4 is 23.2 Å². The minimum absolute atomic E-state index is 0.163. The van der Waals surface area contributed by atoms with Crippen molar-refractivity contribution in [2.24, 2.45) is 0 Å². The van der Waals surface area contributed by atoms with Crippen molar-refractivity contribution in [2.75, 3.05) is 33.4 Å². The van der Waals surface area contributed by atoms with E-state index in [4.69, 9.17) is 13.9 Å². The van der Waals surface area contributed by atoms with Gasteiger partial charge in [0.2, 0.25) is 0 Å². The van der Waals surface area contributed by atoms with Crippen LogP contribution >= 0.6 is 11.3 Å². The number of amides is 1. The molecule has 3 heterocycles. The third-order valence-electron chi connectivity index (χ3n) is 3.45. The van der Waals surface area contributed by atoms with Crippen LogP contribution in [0.4, 0.5) is 0 Å². The molecule has 0 saturated carbocycles. The van der Waals surface area contributed by atoms with Crippen LogP contribution in [0, 0.1) is 0 Å². The van der Waals surface area contributed by atoms with Gasteiger partial charge in [0.1, 0.15) is 5.76 Å². The van der Waals surface area contributed by atoms with Gasteiger partial charge in [0, 0.05) is 29.4 Å². The summed E-state index contributed by atoms with van der Waals surface area (Å²) < 4.78 is 15.6. The average Bonchev–Trinajstić information content (AvgIpc) is 3.23. The molecule has 116 valence electrons. The van der Waals surface area contributed by atoms with Crippen molar-refractivity contribution in [3.63, 3.8) is 0 Å². The van der Waals surface area contributed by atoms with Crippen LogP contribution in [0.3, 0.4) is 0 Å². The minimum Gasteiger partial charge on any atom is -0.465 e. The molecule has 2 aromatic heterocycles. The summed E-state index contributed by atoms with van der Waals surface area (Å²) in [5.74, 6) is 0.162. The van der Waals surface area contributed by atoms with Gasteiger partial charge in [0.05, 0.1) is 25.9 Å². The van der Waals surface area contributed by atoms with E-state index in [0.717, 1.165) is 0 Å². The van der Waals surface area contributed by atoms with Gasteiger partial charge in [-0.1, -0.05) is 0 Å². The van der Waals surface area contributed by atoms with Crippen LogP contribution in [0.1, 0.15) is 20.9 Å². The lowest BCUT2D eigenvalue weighted by Gasteiger charge is -2.25. The van der Waals surface area contributed by atoms with E-state index in [1.807, 2.05) is 0 Å². The first kappa shape index (κ1) is 14.8. The molecule has 0 bridgehead atoms. The summed E-state index contributed by atoms with van der Waals surface area (Å²) in [7, 11) is 1.33. The van der Waals surface area contributed by atoms with Crippen molar-refractivity contribution in [2.45, 2.75) is 0 Å². The van der Waals surface area contributed by atoms with E-state index in [0.29, 0.717) is 43.2 Å². The van der Waals surface area contributed by atoms with E-state index in [1.165, 1.54) is 18.4 Å². The van der Waals surface area contributed by atoms with Crippen LogP contribution in [0.15, 0.2) is 27.3 Å². The maximum absolute atomic E-state index is 12.3. The molecule has 1 saturated heterocycles. The van der Waals surface area contributed by atoms with Crippen molar-refractivity contribution in [3.05, 3.63) is 34.2 Å². The lowest BCUT2D eigenvalue weighted by molar-refractivity contribution is 0.0283. The first-order valence-electron chi connectivity index (χ1n) is 6.82. The van der Waals surface area contributed by atoms with E-state index in [-0.39, 0.29) is 11.7 Å². The van der Waals surface area contributed by atoms with Crippen LogP contribution in [0.5, 0.6) is 0 Å². The van der Waals surface area contributed by atoms with Gasteiger partial charge in [-0.15, -0.1) is 0 Å². The Bertz CT molecular complexity index is 684. The van der Waals surface area contributed by atoms with Gasteiger partial charge in [-0.2, -0.15) is 11.3 Å². The number of hydrogen-bond donors (Lipinski definition) is 0. The minimum atomic E-state index is -0.422. The number of hydrogen-bond acceptors (Lipinski definition) is 6. The Balaban J connectivity index is 1.83. The molecule has 1 aliphatic rings. The molecule has 1 fully saturated rings. The van der Waals surface area contributed by atoms with Crippen LogP contribution in [-0.4, -0.2) is 50.2 Å². The summed E-state index contributed by atoms with van der Waals surface area (Å²) in [5, 5.41) is 3.50. The molecule has 0 unspecified atom stereocenters. The Morgan fingerprint density at radius 1 is 1.23 bits per heavy atom. The molecule has 0 aromatic carbocycles. The van der Waals surface area contributed by atoms with Crippen LogP contribution < -0.4 is 0 Å². The second-order valence-corrected chi connectivity index (χ2v) is 5.50. The summed E-state index contributed by atoms with van der Waals surface area (Å²) >= 11 is 1.38. The normalized spacial score (nSPS) is 14.9. The van der Waals surface area contributed by atoms with Crippen molar-refractivity contribution in [1.82, 2.24) is 4.90 Å². The largest absolute Gasteiger partial charge is 0.465 e. The molecular formula is C15H15NO5S. The van der Waals surface area contributed by atoms with E-state index in [9.17, 15) is 9.59 Å². The van der Waals surface area contributed by atoms with Gasteiger partial charge < -0.3 is 18.8 Å². The highest BCUT2D eigenvalue weighted by Crippen LogP contribution is 2.30. The molecule has 6 nitrogen and oxygen atoms in total. The van der Waals surface area contributed by atoms with Gasteiger partial charge in [-0.25, -0.2) is 4.79 Å². The fourth-order valence-electron chi connectivity index (χ4n) is 2.28. The molecule has 2 aromatic rings. The van der Waals surface area contributed by atoms with Gasteiger partial charge in [-0.05, 0) is 12.1 Å². The lowest BCUT2D eigenvalue weighted by atomic mass is 10.1. The van der Waals surface area contributed by atoms with Gasteiger partial charge in [0.15, 0.2) is 5.76 Å². The molecule has 1 amide bonds. The highest BCUT2D eigenvalue weighted by Gasteiger charge is 2.23. The Morgan fingerprint density at radius 2 is 2.00 bits per heavy atom. The molecule has 7 heteroatoms. The molecule has 0 atom stereocenters. The molecule has 0 aliphatic carbocycles. The number of morpholine rings is 1. The third-order valence-corrected chi connectivity index (χ3v) is 4.19. The zero-order chi connectivity index (χ0) is 15.5. The van der Waals surface area contributed by atoms with E-state index in [2.05, 4.69) is 0 Å². The molecule has 3 rings (SSSR count). The topological polar surface area (TPSA) is 69.0 Å². The lowest BCUT2D eigenvalue weighted by Crippen LogP contribution is -2.40. The van der Waals surface area contributed by atoms with Crippen LogP contribution in [0.2, 0.25) is 0 Å². The maximum Gasteiger partial charge on any atom is 0.339 e. The summed E-state index contributed by atoms with van der Waals surface area (Å²) in [6.45, 7) is 2.19. The number of esters is 1. The smallest absolute Gasteiger partial charge is 0.339 e. The van der Waals surface area contributed by atoms with E-state index >= 15 is 0 Å². The first-order chi connectivity index (χ1) is 10.7. The standard InChI is InChI=1S/C15H15NO5S/c1-19-15(18)11-9-22-8-10(11)12-2-3-13(21-12)14(17)16-4-6-20-7-5-16/h2-3,8-9H,4-7H2,1H3. The van der Waals surface area contributed by atoms with Crippen molar-refractivity contribution in [3.8, 4) is 11.3 Å². The number of nitrogens with zero attached hydrogens (tertiary/aromatic N) is 1. The zero-order valence-corrected chi connectivity index (χ0v) is 12.9. The van der Waals surface area contributed by atoms with Gasteiger partial charge in [-0.3, -0.25) is 4.79 Å². The fraction of sp³-hybridized carbons (Fsp3) is 0.333. The number of furan rings is 1. The van der Waals surface area contributed by atoms with Gasteiger partial charge >= 0.3 is 5.97 Å². The molecular weight excluding hydrogens is 306 g/mol. The van der Waals surface area contributed by atoms with Crippen molar-refractivity contribution < 1.29 is 23.5 Å². The SMILES string of the molecule is COC(=O)c1cscc1-c1ccc(C(=O)N2CCOCC2)o1. The quantitative estimate of drug-likeness (QED) is 0.811. The predicted molar refractivity (Wildman–Crippen MR) is 80.1 cm³/mol. The number of carbonyl (C=O) groups excluding carboxylic acids is 2.